The first-order valence-corrected chi connectivity index (χ1v) is 2.33. The van der Waals surface area contributed by atoms with E-state index in [4.69, 9.17) is 4.74 Å². The maximum atomic E-state index is 9.88. The number of nitrogens with two attached hydrogens (primary N) is 1. The summed E-state index contributed by atoms with van der Waals surface area (Å²) in [6.07, 6.45) is -0.622. The predicted molar refractivity (Wildman–Crippen MR) is 25.3 cm³/mol. The van der Waals surface area contributed by atoms with Gasteiger partial charge in [-0.05, 0) is 0 Å². The fourth-order valence-electron chi connectivity index (χ4n) is 0.339. The van der Waals surface area contributed by atoms with Crippen LogP contribution in [0.3, 0.4) is 0 Å². The summed E-state index contributed by atoms with van der Waals surface area (Å²) >= 11 is 0. The van der Waals surface area contributed by atoms with Crippen molar-refractivity contribution in [2.45, 2.75) is 6.10 Å². The number of amides is 1. The average Bonchev–Trinajstić information content (AvgIpc) is 2.41. The third kappa shape index (κ3) is 1.79. The van der Waals surface area contributed by atoms with E-state index in [9.17, 15) is 4.79 Å². The van der Waals surface area contributed by atoms with Crippen LogP contribution in [0.4, 0.5) is 4.79 Å². The molecule has 1 heterocycles. The lowest BCUT2D eigenvalue weighted by molar-refractivity contribution is 0.146. The number of ether oxygens (including phenoxy) is 2. The number of epoxide rings is 1. The molecule has 0 aliphatic carbocycles. The lowest BCUT2D eigenvalue weighted by Crippen LogP contribution is -2.15. The highest BCUT2D eigenvalue weighted by atomic mass is 16.6. The Labute approximate surface area is 46.6 Å². The van der Waals surface area contributed by atoms with Gasteiger partial charge < -0.3 is 15.2 Å². The van der Waals surface area contributed by atoms with E-state index in [1.165, 1.54) is 0 Å². The summed E-state index contributed by atoms with van der Waals surface area (Å²) in [6.45, 7) is 0.989. The highest BCUT2D eigenvalue weighted by Crippen LogP contribution is 2.07. The summed E-state index contributed by atoms with van der Waals surface area (Å²) < 4.78 is 9.11. The Morgan fingerprint density at radius 3 is 3.00 bits per heavy atom. The van der Waals surface area contributed by atoms with E-state index in [2.05, 4.69) is 10.5 Å². The molecule has 1 aliphatic heterocycles. The molecule has 1 aliphatic rings. The van der Waals surface area contributed by atoms with Crippen LogP contribution in [0.25, 0.3) is 0 Å². The lowest BCUT2D eigenvalue weighted by Gasteiger charge is -1.93. The first kappa shape index (κ1) is 5.37. The summed E-state index contributed by atoms with van der Waals surface area (Å²) in [5.41, 5.74) is 4.65. The van der Waals surface area contributed by atoms with Crippen LogP contribution >= 0.6 is 0 Å². The van der Waals surface area contributed by atoms with Gasteiger partial charge >= 0.3 is 6.09 Å². The van der Waals surface area contributed by atoms with Crippen molar-refractivity contribution < 1.29 is 14.3 Å². The molecule has 2 N–H and O–H groups in total. The quantitative estimate of drug-likeness (QED) is 0.495. The van der Waals surface area contributed by atoms with Crippen molar-refractivity contribution in [1.29, 1.82) is 0 Å². The smallest absolute Gasteiger partial charge is 0.404 e. The third-order valence-corrected chi connectivity index (χ3v) is 0.814. The molecule has 1 saturated heterocycles. The summed E-state index contributed by atoms with van der Waals surface area (Å²) in [5.74, 6) is 0. The Morgan fingerprint density at radius 2 is 2.62 bits per heavy atom. The van der Waals surface area contributed by atoms with Crippen molar-refractivity contribution in [1.82, 2.24) is 0 Å². The van der Waals surface area contributed by atoms with Gasteiger partial charge in [0.1, 0.15) is 12.7 Å². The Bertz CT molecular complexity index is 99.5. The van der Waals surface area contributed by atoms with Gasteiger partial charge in [0.05, 0.1) is 6.61 Å². The van der Waals surface area contributed by atoms with Crippen LogP contribution < -0.4 is 5.73 Å². The molecule has 0 radical (unpaired) electrons. The molecular weight excluding hydrogens is 110 g/mol. The van der Waals surface area contributed by atoms with E-state index in [1.807, 2.05) is 0 Å². The van der Waals surface area contributed by atoms with Crippen molar-refractivity contribution >= 4 is 6.09 Å². The minimum atomic E-state index is -0.736. The second-order valence-electron chi connectivity index (χ2n) is 1.59. The first-order valence-electron chi connectivity index (χ1n) is 2.33. The van der Waals surface area contributed by atoms with E-state index in [1.54, 1.807) is 0 Å². The van der Waals surface area contributed by atoms with Gasteiger partial charge in [-0.3, -0.25) is 0 Å². The zero-order chi connectivity index (χ0) is 5.98. The maximum Gasteiger partial charge on any atom is 0.404 e. The molecular formula is C4H7NO3. The Kier molecular flexibility index (Phi) is 1.34. The van der Waals surface area contributed by atoms with Gasteiger partial charge in [-0.15, -0.1) is 0 Å². The van der Waals surface area contributed by atoms with Crippen LogP contribution in [0.2, 0.25) is 0 Å². The van der Waals surface area contributed by atoms with E-state index >= 15 is 0 Å². The van der Waals surface area contributed by atoms with Gasteiger partial charge in [0.15, 0.2) is 0 Å². The lowest BCUT2D eigenvalue weighted by atomic mass is 10.5. The fourth-order valence-corrected chi connectivity index (χ4v) is 0.339. The van der Waals surface area contributed by atoms with Crippen LogP contribution in [-0.2, 0) is 9.47 Å². The van der Waals surface area contributed by atoms with Crippen LogP contribution in [0, 0.1) is 0 Å². The molecule has 46 valence electrons. The number of hydrogen-bond donors (Lipinski definition) is 1. The average molecular weight is 117 g/mol. The molecule has 4 nitrogen and oxygen atoms in total. The molecule has 1 amide bonds. The molecule has 0 unspecified atom stereocenters. The fraction of sp³-hybridized carbons (Fsp3) is 0.750. The summed E-state index contributed by atoms with van der Waals surface area (Å²) in [6, 6.07) is 0. The molecule has 1 rings (SSSR count). The third-order valence-electron chi connectivity index (χ3n) is 0.814. The molecule has 0 aromatic rings. The van der Waals surface area contributed by atoms with Crippen molar-refractivity contribution in [3.05, 3.63) is 0 Å². The van der Waals surface area contributed by atoms with Gasteiger partial charge in [0.25, 0.3) is 0 Å². The second-order valence-corrected chi connectivity index (χ2v) is 1.59. The van der Waals surface area contributed by atoms with Gasteiger partial charge in [-0.1, -0.05) is 0 Å². The number of rotatable bonds is 2. The minimum absolute atomic E-state index is 0.113. The normalized spacial score (nSPS) is 24.8. The topological polar surface area (TPSA) is 64.9 Å². The van der Waals surface area contributed by atoms with Gasteiger partial charge in [-0.25, -0.2) is 4.79 Å². The van der Waals surface area contributed by atoms with Gasteiger partial charge in [0, 0.05) is 0 Å². The molecule has 1 fully saturated rings. The summed E-state index contributed by atoms with van der Waals surface area (Å²) in [4.78, 5) is 9.88. The van der Waals surface area contributed by atoms with Crippen LogP contribution in [0.15, 0.2) is 0 Å². The standard InChI is InChI=1S/C4H7NO3/c5-4(6)8-2-3-1-7-3/h3H,1-2H2,(H2,5,6)/t3-/m1/s1. The number of hydrogen-bond acceptors (Lipinski definition) is 3. The predicted octanol–water partition coefficient (Wildman–Crippen LogP) is -0.520. The van der Waals surface area contributed by atoms with E-state index in [0.717, 1.165) is 0 Å². The van der Waals surface area contributed by atoms with Crippen molar-refractivity contribution in [3.63, 3.8) is 0 Å². The van der Waals surface area contributed by atoms with Crippen molar-refractivity contribution in [2.24, 2.45) is 5.73 Å². The van der Waals surface area contributed by atoms with Crippen molar-refractivity contribution in [3.8, 4) is 0 Å². The summed E-state index contributed by atoms with van der Waals surface area (Å²) in [7, 11) is 0. The molecule has 0 saturated carbocycles. The zero-order valence-electron chi connectivity index (χ0n) is 4.29. The van der Waals surface area contributed by atoms with E-state index < -0.39 is 6.09 Å². The van der Waals surface area contributed by atoms with Crippen LogP contribution in [-0.4, -0.2) is 25.4 Å². The Balaban J connectivity index is 1.95. The molecule has 4 heteroatoms. The number of primary amides is 1. The van der Waals surface area contributed by atoms with Crippen LogP contribution in [0.5, 0.6) is 0 Å². The van der Waals surface area contributed by atoms with Gasteiger partial charge in [0.2, 0.25) is 0 Å². The molecule has 0 spiro atoms. The monoisotopic (exact) mass is 117 g/mol. The van der Waals surface area contributed by atoms with Crippen molar-refractivity contribution in [2.75, 3.05) is 13.2 Å². The van der Waals surface area contributed by atoms with Gasteiger partial charge in [-0.2, -0.15) is 0 Å². The first-order chi connectivity index (χ1) is 3.79. The summed E-state index contributed by atoms with van der Waals surface area (Å²) in [5, 5.41) is 0. The zero-order valence-corrected chi connectivity index (χ0v) is 4.29. The minimum Gasteiger partial charge on any atom is -0.447 e. The molecule has 8 heavy (non-hydrogen) atoms. The molecule has 0 aromatic heterocycles. The van der Waals surface area contributed by atoms with E-state index in [0.29, 0.717) is 13.2 Å². The second kappa shape index (κ2) is 2.00. The number of carbonyl (C=O) groups is 1. The Morgan fingerprint density at radius 1 is 2.00 bits per heavy atom. The SMILES string of the molecule is NC(=O)OC[C@H]1CO1. The molecule has 0 bridgehead atoms. The highest BCUT2D eigenvalue weighted by Gasteiger charge is 2.23. The molecule has 1 atom stereocenters. The molecule has 0 aromatic carbocycles. The largest absolute Gasteiger partial charge is 0.447 e. The van der Waals surface area contributed by atoms with Crippen LogP contribution in [0.1, 0.15) is 0 Å². The number of carbonyl (C=O) groups excluding carboxylic acids is 1. The Hall–Kier alpha value is -0.770. The maximum absolute atomic E-state index is 9.88. The highest BCUT2D eigenvalue weighted by molar-refractivity contribution is 5.64. The van der Waals surface area contributed by atoms with E-state index in [-0.39, 0.29) is 6.10 Å².